The van der Waals surface area contributed by atoms with Crippen LogP contribution in [0.25, 0.3) is 10.6 Å². The van der Waals surface area contributed by atoms with Crippen LogP contribution in [0, 0.1) is 5.82 Å². The second-order valence-corrected chi connectivity index (χ2v) is 9.43. The predicted molar refractivity (Wildman–Crippen MR) is 149 cm³/mol. The van der Waals surface area contributed by atoms with E-state index in [9.17, 15) is 9.18 Å². The number of benzene rings is 4. The van der Waals surface area contributed by atoms with Crippen molar-refractivity contribution in [2.24, 2.45) is 0 Å². The lowest BCUT2D eigenvalue weighted by Gasteiger charge is -2.12. The van der Waals surface area contributed by atoms with E-state index in [0.717, 1.165) is 16.9 Å². The molecule has 196 valence electrons. The molecular weight excluding hydrogens is 515 g/mol. The third kappa shape index (κ3) is 6.80. The van der Waals surface area contributed by atoms with E-state index in [1.54, 1.807) is 36.8 Å². The third-order valence-electron chi connectivity index (χ3n) is 5.76. The Balaban J connectivity index is 1.21. The van der Waals surface area contributed by atoms with Gasteiger partial charge in [0.2, 0.25) is 0 Å². The van der Waals surface area contributed by atoms with E-state index in [1.807, 2.05) is 60.7 Å². The topological polar surface area (TPSA) is 69.7 Å². The number of nitrogens with one attached hydrogen (secondary N) is 1. The molecule has 0 saturated carbocycles. The van der Waals surface area contributed by atoms with Crippen molar-refractivity contribution in [3.8, 4) is 33.6 Å². The number of rotatable bonds is 10. The fourth-order valence-corrected chi connectivity index (χ4v) is 4.63. The summed E-state index contributed by atoms with van der Waals surface area (Å²) < 4.78 is 30.7. The van der Waals surface area contributed by atoms with E-state index in [1.165, 1.54) is 23.5 Å². The van der Waals surface area contributed by atoms with Gasteiger partial charge in [-0.3, -0.25) is 4.79 Å². The van der Waals surface area contributed by atoms with Crippen LogP contribution in [-0.4, -0.2) is 18.0 Å². The molecule has 0 radical (unpaired) electrons. The van der Waals surface area contributed by atoms with Crippen LogP contribution in [-0.2, 0) is 13.2 Å². The smallest absolute Gasteiger partial charge is 0.271 e. The average molecular weight is 541 g/mol. The minimum atomic E-state index is -0.312. The van der Waals surface area contributed by atoms with Crippen LogP contribution in [0.3, 0.4) is 0 Å². The van der Waals surface area contributed by atoms with Crippen LogP contribution in [0.1, 0.15) is 21.6 Å². The number of para-hydroxylation sites is 1. The highest BCUT2D eigenvalue weighted by molar-refractivity contribution is 7.13. The molecule has 5 rings (SSSR count). The highest BCUT2D eigenvalue weighted by atomic mass is 32.1. The van der Waals surface area contributed by atoms with Crippen molar-refractivity contribution in [1.29, 1.82) is 0 Å². The summed E-state index contributed by atoms with van der Waals surface area (Å²) >= 11 is 1.36. The Bertz CT molecular complexity index is 1570. The maximum Gasteiger partial charge on any atom is 0.271 e. The molecule has 0 fully saturated rings. The molecule has 6 nitrogen and oxygen atoms in total. The molecule has 4 aromatic carbocycles. The highest BCUT2D eigenvalue weighted by Crippen LogP contribution is 2.34. The Morgan fingerprint density at radius 1 is 0.872 bits per heavy atom. The molecule has 0 unspecified atom stereocenters. The van der Waals surface area contributed by atoms with Crippen LogP contribution in [0.2, 0.25) is 0 Å². The molecule has 1 aromatic heterocycles. The number of thiazole rings is 1. The zero-order valence-corrected chi connectivity index (χ0v) is 21.9. The van der Waals surface area contributed by atoms with Gasteiger partial charge in [-0.25, -0.2) is 9.37 Å². The van der Waals surface area contributed by atoms with Crippen LogP contribution in [0.15, 0.2) is 102 Å². The predicted octanol–water partition coefficient (Wildman–Crippen LogP) is 7.26. The lowest BCUT2D eigenvalue weighted by Crippen LogP contribution is -2.23. The first kappa shape index (κ1) is 25.9. The molecule has 0 spiro atoms. The van der Waals surface area contributed by atoms with Gasteiger partial charge < -0.3 is 19.5 Å². The standard InChI is InChI=1S/C31H25FN2O4S/c1-36-29-17-23(13-14-28(29)37-19-22-8-5-9-24(32)15-22)31-34-27(20-39-31)30(35)33-18-21-7-6-12-26(16-21)38-25-10-3-2-4-11-25/h2-17,20H,18-19H2,1H3,(H,33,35). The first-order valence-corrected chi connectivity index (χ1v) is 13.1. The van der Waals surface area contributed by atoms with E-state index < -0.39 is 0 Å². The van der Waals surface area contributed by atoms with E-state index in [4.69, 9.17) is 14.2 Å². The first-order chi connectivity index (χ1) is 19.1. The third-order valence-corrected chi connectivity index (χ3v) is 6.65. The molecule has 5 aromatic rings. The van der Waals surface area contributed by atoms with E-state index in [0.29, 0.717) is 40.1 Å². The summed E-state index contributed by atoms with van der Waals surface area (Å²) in [5.41, 5.74) is 2.75. The van der Waals surface area contributed by atoms with Crippen molar-refractivity contribution in [3.05, 3.63) is 125 Å². The Kier molecular flexibility index (Phi) is 8.14. The van der Waals surface area contributed by atoms with Crippen molar-refractivity contribution in [2.45, 2.75) is 13.2 Å². The minimum Gasteiger partial charge on any atom is -0.493 e. The fraction of sp³-hybridized carbons (Fsp3) is 0.0968. The normalized spacial score (nSPS) is 10.6. The molecule has 0 bridgehead atoms. The summed E-state index contributed by atoms with van der Waals surface area (Å²) in [6, 6.07) is 28.8. The maximum absolute atomic E-state index is 13.4. The summed E-state index contributed by atoms with van der Waals surface area (Å²) in [7, 11) is 1.55. The summed E-state index contributed by atoms with van der Waals surface area (Å²) in [5.74, 6) is 1.90. The summed E-state index contributed by atoms with van der Waals surface area (Å²) in [6.45, 7) is 0.541. The van der Waals surface area contributed by atoms with Gasteiger partial charge in [-0.15, -0.1) is 11.3 Å². The van der Waals surface area contributed by atoms with E-state index in [-0.39, 0.29) is 18.3 Å². The average Bonchev–Trinajstić information content (AvgIpc) is 3.46. The molecule has 1 heterocycles. The lowest BCUT2D eigenvalue weighted by molar-refractivity contribution is 0.0946. The highest BCUT2D eigenvalue weighted by Gasteiger charge is 2.14. The molecule has 39 heavy (non-hydrogen) atoms. The van der Waals surface area contributed by atoms with Crippen LogP contribution < -0.4 is 19.5 Å². The second-order valence-electron chi connectivity index (χ2n) is 8.57. The molecule has 0 saturated heterocycles. The summed E-state index contributed by atoms with van der Waals surface area (Å²) in [5, 5.41) is 5.31. The van der Waals surface area contributed by atoms with Gasteiger partial charge in [-0.2, -0.15) is 0 Å². The largest absolute Gasteiger partial charge is 0.493 e. The second kappa shape index (κ2) is 12.2. The minimum absolute atomic E-state index is 0.205. The molecule has 0 aliphatic heterocycles. The molecule has 8 heteroatoms. The van der Waals surface area contributed by atoms with Gasteiger partial charge in [0.05, 0.1) is 7.11 Å². The number of hydrogen-bond acceptors (Lipinski definition) is 6. The molecule has 0 aliphatic rings. The number of aromatic nitrogens is 1. The maximum atomic E-state index is 13.4. The van der Waals surface area contributed by atoms with Crippen molar-refractivity contribution in [3.63, 3.8) is 0 Å². The summed E-state index contributed by atoms with van der Waals surface area (Å²) in [6.07, 6.45) is 0. The van der Waals surface area contributed by atoms with Gasteiger partial charge in [0, 0.05) is 17.5 Å². The first-order valence-electron chi connectivity index (χ1n) is 12.2. The van der Waals surface area contributed by atoms with Crippen molar-refractivity contribution in [2.75, 3.05) is 7.11 Å². The molecule has 1 amide bonds. The van der Waals surface area contributed by atoms with Gasteiger partial charge >= 0.3 is 0 Å². The molecule has 1 N–H and O–H groups in total. The number of methoxy groups -OCH3 is 1. The quantitative estimate of drug-likeness (QED) is 0.202. The Morgan fingerprint density at radius 2 is 1.67 bits per heavy atom. The van der Waals surface area contributed by atoms with Gasteiger partial charge in [0.15, 0.2) is 11.5 Å². The zero-order valence-electron chi connectivity index (χ0n) is 21.1. The van der Waals surface area contributed by atoms with E-state index >= 15 is 0 Å². The molecule has 0 aliphatic carbocycles. The molecule has 0 atom stereocenters. The summed E-state index contributed by atoms with van der Waals surface area (Å²) in [4.78, 5) is 17.3. The van der Waals surface area contributed by atoms with Crippen LogP contribution in [0.5, 0.6) is 23.0 Å². The fourth-order valence-electron chi connectivity index (χ4n) is 3.83. The SMILES string of the molecule is COc1cc(-c2nc(C(=O)NCc3cccc(Oc4ccccc4)c3)cs2)ccc1OCc1cccc(F)c1. The number of amides is 1. The van der Waals surface area contributed by atoms with Gasteiger partial charge in [-0.05, 0) is 65.7 Å². The van der Waals surface area contributed by atoms with Gasteiger partial charge in [-0.1, -0.05) is 42.5 Å². The number of carbonyl (C=O) groups is 1. The van der Waals surface area contributed by atoms with Crippen molar-refractivity contribution < 1.29 is 23.4 Å². The van der Waals surface area contributed by atoms with Gasteiger partial charge in [0.1, 0.15) is 34.6 Å². The molecular formula is C31H25FN2O4S. The Labute approximate surface area is 229 Å². The number of ether oxygens (including phenoxy) is 3. The number of nitrogens with zero attached hydrogens (tertiary/aromatic N) is 1. The Hall–Kier alpha value is -4.69. The lowest BCUT2D eigenvalue weighted by atomic mass is 10.2. The number of hydrogen-bond donors (Lipinski definition) is 1. The van der Waals surface area contributed by atoms with Crippen LogP contribution in [0.4, 0.5) is 4.39 Å². The zero-order chi connectivity index (χ0) is 27.0. The van der Waals surface area contributed by atoms with Crippen molar-refractivity contribution in [1.82, 2.24) is 10.3 Å². The number of carbonyl (C=O) groups excluding carboxylic acids is 1. The van der Waals surface area contributed by atoms with E-state index in [2.05, 4.69) is 10.3 Å². The number of halogens is 1. The Morgan fingerprint density at radius 3 is 2.49 bits per heavy atom. The van der Waals surface area contributed by atoms with Gasteiger partial charge in [0.25, 0.3) is 5.91 Å². The monoisotopic (exact) mass is 540 g/mol. The van der Waals surface area contributed by atoms with Crippen LogP contribution >= 0.6 is 11.3 Å². The van der Waals surface area contributed by atoms with Crippen molar-refractivity contribution >= 4 is 17.2 Å².